The van der Waals surface area contributed by atoms with Gasteiger partial charge < -0.3 is 0 Å². The zero-order valence-corrected chi connectivity index (χ0v) is 14.1. The molecule has 114 valence electrons. The molecule has 0 radical (unpaired) electrons. The van der Waals surface area contributed by atoms with Crippen molar-refractivity contribution in [2.45, 2.75) is 13.3 Å². The fourth-order valence-electron chi connectivity index (χ4n) is 1.95. The Hall–Kier alpha value is -1.52. The van der Waals surface area contributed by atoms with Gasteiger partial charge in [-0.15, -0.1) is 23.5 Å². The number of Topliss-reactive ketones (excluding diaryl/α,β-unsaturated/α-hetero) is 1. The molecule has 0 amide bonds. The molecule has 0 bridgehead atoms. The summed E-state index contributed by atoms with van der Waals surface area (Å²) >= 11 is 3.23. The zero-order valence-electron chi connectivity index (χ0n) is 12.5. The molecule has 4 heteroatoms. The van der Waals surface area contributed by atoms with Crippen molar-refractivity contribution in [1.82, 2.24) is 0 Å². The number of allylic oxidation sites excluding steroid dienone is 4. The van der Waals surface area contributed by atoms with E-state index in [1.807, 2.05) is 42.5 Å². The van der Waals surface area contributed by atoms with Gasteiger partial charge in [-0.1, -0.05) is 48.6 Å². The Morgan fingerprint density at radius 1 is 1.05 bits per heavy atom. The van der Waals surface area contributed by atoms with Crippen molar-refractivity contribution in [1.29, 1.82) is 0 Å². The molecule has 1 heterocycles. The van der Waals surface area contributed by atoms with Crippen LogP contribution in [0.1, 0.15) is 18.9 Å². The lowest BCUT2D eigenvalue weighted by Crippen LogP contribution is -2.11. The lowest BCUT2D eigenvalue weighted by molar-refractivity contribution is -0.118. The van der Waals surface area contributed by atoms with Crippen molar-refractivity contribution in [3.63, 3.8) is 0 Å². The van der Waals surface area contributed by atoms with Gasteiger partial charge >= 0.3 is 0 Å². The van der Waals surface area contributed by atoms with Gasteiger partial charge in [-0.05, 0) is 36.5 Å². The summed E-state index contributed by atoms with van der Waals surface area (Å²) < 4.78 is 0.875. The number of benzene rings is 1. The second-order valence-corrected chi connectivity index (χ2v) is 7.23. The van der Waals surface area contributed by atoms with Crippen LogP contribution in [0.15, 0.2) is 58.4 Å². The number of carbonyl (C=O) groups excluding carboxylic acids is 2. The maximum absolute atomic E-state index is 12.3. The van der Waals surface area contributed by atoms with E-state index in [2.05, 4.69) is 0 Å². The lowest BCUT2D eigenvalue weighted by atomic mass is 10.1. The van der Waals surface area contributed by atoms with Crippen LogP contribution < -0.4 is 0 Å². The highest BCUT2D eigenvalue weighted by Gasteiger charge is 2.20. The molecule has 1 aliphatic rings. The number of hydrogen-bond donors (Lipinski definition) is 0. The molecule has 2 nitrogen and oxygen atoms in total. The molecule has 0 aliphatic carbocycles. The minimum atomic E-state index is -0.206. The molecular weight excluding hydrogens is 312 g/mol. The summed E-state index contributed by atoms with van der Waals surface area (Å²) in [4.78, 5) is 24.1. The highest BCUT2D eigenvalue weighted by atomic mass is 32.2. The van der Waals surface area contributed by atoms with Crippen LogP contribution in [0.4, 0.5) is 0 Å². The molecule has 22 heavy (non-hydrogen) atoms. The first kappa shape index (κ1) is 16.8. The third-order valence-corrected chi connectivity index (χ3v) is 5.63. The number of hydrogen-bond acceptors (Lipinski definition) is 4. The largest absolute Gasteiger partial charge is 0.294 e. The van der Waals surface area contributed by atoms with Crippen LogP contribution in [0.5, 0.6) is 0 Å². The molecule has 2 rings (SSSR count). The Kier molecular flexibility index (Phi) is 6.74. The van der Waals surface area contributed by atoms with E-state index in [0.29, 0.717) is 5.57 Å². The Morgan fingerprint density at radius 2 is 1.73 bits per heavy atom. The van der Waals surface area contributed by atoms with Crippen LogP contribution in [0.25, 0.3) is 6.08 Å². The summed E-state index contributed by atoms with van der Waals surface area (Å²) in [5.41, 5.74) is 1.40. The van der Waals surface area contributed by atoms with Gasteiger partial charge in [0.05, 0.1) is 9.81 Å². The van der Waals surface area contributed by atoms with Crippen molar-refractivity contribution in [2.24, 2.45) is 0 Å². The first-order chi connectivity index (χ1) is 10.7. The van der Waals surface area contributed by atoms with Gasteiger partial charge in [0.25, 0.3) is 0 Å². The van der Waals surface area contributed by atoms with E-state index >= 15 is 0 Å². The fraction of sp³-hybridized carbons (Fsp3) is 0.222. The molecule has 0 spiro atoms. The monoisotopic (exact) mass is 330 g/mol. The molecule has 1 aromatic rings. The molecule has 0 unspecified atom stereocenters. The lowest BCUT2D eigenvalue weighted by Gasteiger charge is -2.15. The second-order valence-electron chi connectivity index (χ2n) is 4.76. The SMILES string of the molecule is CC(=O)C(C(=O)/C=C/C=C/c1ccccc1)=C1SCCCS1. The van der Waals surface area contributed by atoms with Gasteiger partial charge in [0.1, 0.15) is 0 Å². The smallest absolute Gasteiger partial charge is 0.191 e. The summed E-state index contributed by atoms with van der Waals surface area (Å²) in [6.07, 6.45) is 8.02. The van der Waals surface area contributed by atoms with E-state index in [1.165, 1.54) is 13.0 Å². The predicted octanol–water partition coefficient (Wildman–Crippen LogP) is 4.50. The maximum atomic E-state index is 12.3. The molecular formula is C18H18O2S2. The third-order valence-electron chi connectivity index (χ3n) is 3.00. The Labute approximate surface area is 139 Å². The van der Waals surface area contributed by atoms with E-state index in [9.17, 15) is 9.59 Å². The van der Waals surface area contributed by atoms with Crippen molar-refractivity contribution in [3.05, 3.63) is 63.9 Å². The van der Waals surface area contributed by atoms with Crippen molar-refractivity contribution < 1.29 is 9.59 Å². The zero-order chi connectivity index (χ0) is 15.8. The minimum Gasteiger partial charge on any atom is -0.294 e. The topological polar surface area (TPSA) is 34.1 Å². The Bertz CT molecular complexity index is 620. The maximum Gasteiger partial charge on any atom is 0.191 e. The first-order valence-electron chi connectivity index (χ1n) is 7.13. The molecule has 0 saturated carbocycles. The van der Waals surface area contributed by atoms with E-state index < -0.39 is 0 Å². The second kappa shape index (κ2) is 8.81. The molecule has 0 N–H and O–H groups in total. The summed E-state index contributed by atoms with van der Waals surface area (Å²) in [5.74, 6) is 1.59. The summed E-state index contributed by atoms with van der Waals surface area (Å²) in [6.45, 7) is 1.46. The quantitative estimate of drug-likeness (QED) is 0.345. The highest BCUT2D eigenvalue weighted by Crippen LogP contribution is 2.37. The number of carbonyl (C=O) groups is 2. The fourth-order valence-corrected chi connectivity index (χ4v) is 4.69. The Balaban J connectivity index is 2.07. The summed E-state index contributed by atoms with van der Waals surface area (Å²) in [5, 5.41) is 0. The summed E-state index contributed by atoms with van der Waals surface area (Å²) in [7, 11) is 0. The molecule has 0 atom stereocenters. The first-order valence-corrected chi connectivity index (χ1v) is 9.10. The number of ketones is 2. The average molecular weight is 330 g/mol. The van der Waals surface area contributed by atoms with E-state index in [1.54, 1.807) is 29.6 Å². The molecule has 1 aliphatic heterocycles. The van der Waals surface area contributed by atoms with Crippen molar-refractivity contribution >= 4 is 41.2 Å². The van der Waals surface area contributed by atoms with Gasteiger partial charge in [-0.25, -0.2) is 0 Å². The van der Waals surface area contributed by atoms with E-state index in [0.717, 1.165) is 27.7 Å². The van der Waals surface area contributed by atoms with Crippen molar-refractivity contribution in [2.75, 3.05) is 11.5 Å². The molecule has 1 aromatic carbocycles. The highest BCUT2D eigenvalue weighted by molar-refractivity contribution is 8.22. The van der Waals surface area contributed by atoms with E-state index in [4.69, 9.17) is 0 Å². The van der Waals surface area contributed by atoms with E-state index in [-0.39, 0.29) is 11.6 Å². The van der Waals surface area contributed by atoms with Crippen LogP contribution in [0.2, 0.25) is 0 Å². The average Bonchev–Trinajstić information content (AvgIpc) is 2.53. The van der Waals surface area contributed by atoms with Gasteiger partial charge in [0.15, 0.2) is 11.6 Å². The normalized spacial score (nSPS) is 15.4. The third kappa shape index (κ3) is 5.04. The van der Waals surface area contributed by atoms with Gasteiger partial charge in [0.2, 0.25) is 0 Å². The van der Waals surface area contributed by atoms with Crippen LogP contribution in [-0.2, 0) is 9.59 Å². The van der Waals surface area contributed by atoms with Crippen LogP contribution in [0.3, 0.4) is 0 Å². The molecule has 1 saturated heterocycles. The van der Waals surface area contributed by atoms with Crippen molar-refractivity contribution in [3.8, 4) is 0 Å². The standard InChI is InChI=1S/C18H18O2S2/c1-14(19)17(18-21-12-7-13-22-18)16(20)11-6-5-10-15-8-3-2-4-9-15/h2-6,8-11H,7,12-13H2,1H3/b10-5+,11-6+. The Morgan fingerprint density at radius 3 is 2.36 bits per heavy atom. The number of thioether (sulfide) groups is 2. The predicted molar refractivity (Wildman–Crippen MR) is 96.9 cm³/mol. The van der Waals surface area contributed by atoms with Gasteiger partial charge in [0, 0.05) is 0 Å². The van der Waals surface area contributed by atoms with Crippen LogP contribution in [0, 0.1) is 0 Å². The molecule has 0 aromatic heterocycles. The summed E-state index contributed by atoms with van der Waals surface area (Å²) in [6, 6.07) is 9.87. The van der Waals surface area contributed by atoms with Crippen LogP contribution in [-0.4, -0.2) is 23.1 Å². The van der Waals surface area contributed by atoms with Crippen LogP contribution >= 0.6 is 23.5 Å². The number of rotatable bonds is 5. The minimum absolute atomic E-state index is 0.154. The van der Waals surface area contributed by atoms with Gasteiger partial charge in [-0.2, -0.15) is 0 Å². The van der Waals surface area contributed by atoms with Gasteiger partial charge in [-0.3, -0.25) is 9.59 Å². The molecule has 1 fully saturated rings.